The summed E-state index contributed by atoms with van der Waals surface area (Å²) in [6.45, 7) is 15.0. The average molecular weight is 625 g/mol. The molecule has 45 heavy (non-hydrogen) atoms. The number of carboxylic acid groups (broad SMARTS) is 1. The second kappa shape index (κ2) is 13.2. The van der Waals surface area contributed by atoms with Crippen molar-refractivity contribution >= 4 is 41.1 Å². The van der Waals surface area contributed by atoms with Crippen LogP contribution in [0, 0.1) is 6.92 Å². The van der Waals surface area contributed by atoms with Gasteiger partial charge in [-0.15, -0.1) is 0 Å². The number of ether oxygens (including phenoxy) is 3. The molecule has 1 fully saturated rings. The highest BCUT2D eigenvalue weighted by atomic mass is 16.6. The summed E-state index contributed by atoms with van der Waals surface area (Å²) in [7, 11) is 0. The number of benzene rings is 1. The average Bonchev–Trinajstić information content (AvgIpc) is 3.34. The van der Waals surface area contributed by atoms with Crippen molar-refractivity contribution in [3.63, 3.8) is 0 Å². The van der Waals surface area contributed by atoms with Crippen molar-refractivity contribution in [3.8, 4) is 5.75 Å². The molecule has 3 aromatic rings. The first-order valence-electron chi connectivity index (χ1n) is 15.2. The van der Waals surface area contributed by atoms with E-state index >= 15 is 0 Å². The van der Waals surface area contributed by atoms with Crippen LogP contribution in [0.15, 0.2) is 30.5 Å². The van der Waals surface area contributed by atoms with Crippen LogP contribution in [0.1, 0.15) is 90.1 Å². The SMILES string of the molecule is CCOc1ccc(N(C(=O)OC(C)(C)C)c2c(C)c(N[C@H]3CC[C@H](NC(=O)OC(C)(C)C)CC3)nc3c(C(=O)O)cnn23)cc1. The molecular weight excluding hydrogens is 580 g/mol. The molecule has 0 radical (unpaired) electrons. The Morgan fingerprint density at radius 1 is 0.978 bits per heavy atom. The summed E-state index contributed by atoms with van der Waals surface area (Å²) in [6.07, 6.45) is 2.99. The highest BCUT2D eigenvalue weighted by molar-refractivity contribution is 5.99. The molecule has 244 valence electrons. The number of aromatic carboxylic acids is 1. The maximum atomic E-state index is 13.8. The van der Waals surface area contributed by atoms with Crippen LogP contribution in [0.3, 0.4) is 0 Å². The second-order valence-electron chi connectivity index (χ2n) is 13.1. The van der Waals surface area contributed by atoms with Gasteiger partial charge in [-0.1, -0.05) is 0 Å². The van der Waals surface area contributed by atoms with E-state index in [1.54, 1.807) is 52.0 Å². The molecule has 1 saturated carbocycles. The Labute approximate surface area is 263 Å². The van der Waals surface area contributed by atoms with Crippen LogP contribution >= 0.6 is 0 Å². The summed E-state index contributed by atoms with van der Waals surface area (Å²) in [5, 5.41) is 20.7. The lowest BCUT2D eigenvalue weighted by atomic mass is 9.91. The molecule has 13 heteroatoms. The number of hydrogen-bond donors (Lipinski definition) is 3. The highest BCUT2D eigenvalue weighted by Gasteiger charge is 2.32. The molecule has 0 atom stereocenters. The molecule has 0 unspecified atom stereocenters. The Hall–Kier alpha value is -4.55. The minimum Gasteiger partial charge on any atom is -0.494 e. The number of nitrogens with one attached hydrogen (secondary N) is 2. The maximum Gasteiger partial charge on any atom is 0.420 e. The van der Waals surface area contributed by atoms with Crippen LogP contribution in [0.5, 0.6) is 5.75 Å². The monoisotopic (exact) mass is 624 g/mol. The van der Waals surface area contributed by atoms with Crippen molar-refractivity contribution < 1.29 is 33.7 Å². The van der Waals surface area contributed by atoms with Gasteiger partial charge < -0.3 is 30.0 Å². The van der Waals surface area contributed by atoms with Gasteiger partial charge in [0, 0.05) is 17.6 Å². The number of hydrogen-bond acceptors (Lipinski definition) is 9. The normalized spacial score (nSPS) is 17.0. The van der Waals surface area contributed by atoms with Crippen LogP contribution < -0.4 is 20.3 Å². The van der Waals surface area contributed by atoms with Gasteiger partial charge in [0.25, 0.3) is 0 Å². The van der Waals surface area contributed by atoms with E-state index in [1.807, 2.05) is 27.7 Å². The van der Waals surface area contributed by atoms with Gasteiger partial charge in [-0.3, -0.25) is 0 Å². The number of amides is 2. The van der Waals surface area contributed by atoms with E-state index in [-0.39, 0.29) is 29.1 Å². The fraction of sp³-hybridized carbons (Fsp3) is 0.531. The van der Waals surface area contributed by atoms with Crippen molar-refractivity contribution in [1.82, 2.24) is 19.9 Å². The van der Waals surface area contributed by atoms with Crippen molar-refractivity contribution in [1.29, 1.82) is 0 Å². The van der Waals surface area contributed by atoms with Crippen LogP contribution in [0.2, 0.25) is 0 Å². The van der Waals surface area contributed by atoms with Crippen molar-refractivity contribution in [3.05, 3.63) is 41.6 Å². The summed E-state index contributed by atoms with van der Waals surface area (Å²) in [5.74, 6) is 0.141. The number of carboxylic acids is 1. The second-order valence-corrected chi connectivity index (χ2v) is 13.1. The van der Waals surface area contributed by atoms with E-state index in [9.17, 15) is 19.5 Å². The molecular formula is C32H44N6O7. The Morgan fingerprint density at radius 3 is 2.13 bits per heavy atom. The predicted octanol–water partition coefficient (Wildman–Crippen LogP) is 6.46. The van der Waals surface area contributed by atoms with Crippen LogP contribution in [0.4, 0.5) is 26.9 Å². The van der Waals surface area contributed by atoms with Gasteiger partial charge in [0.15, 0.2) is 11.5 Å². The fourth-order valence-electron chi connectivity index (χ4n) is 5.14. The zero-order valence-corrected chi connectivity index (χ0v) is 27.3. The smallest absolute Gasteiger partial charge is 0.420 e. The first-order valence-corrected chi connectivity index (χ1v) is 15.2. The summed E-state index contributed by atoms with van der Waals surface area (Å²) in [5.41, 5.74) is -0.398. The van der Waals surface area contributed by atoms with Gasteiger partial charge in [0.1, 0.15) is 28.3 Å². The van der Waals surface area contributed by atoms with Crippen molar-refractivity contribution in [2.75, 3.05) is 16.8 Å². The van der Waals surface area contributed by atoms with Gasteiger partial charge >= 0.3 is 18.2 Å². The molecule has 1 aliphatic rings. The van der Waals surface area contributed by atoms with E-state index in [2.05, 4.69) is 20.7 Å². The first kappa shape index (κ1) is 33.3. The zero-order chi connectivity index (χ0) is 33.1. The lowest BCUT2D eigenvalue weighted by Gasteiger charge is -2.32. The molecule has 0 bridgehead atoms. The van der Waals surface area contributed by atoms with Crippen LogP contribution in [-0.4, -0.2) is 67.8 Å². The van der Waals surface area contributed by atoms with Gasteiger partial charge in [-0.2, -0.15) is 9.61 Å². The van der Waals surface area contributed by atoms with E-state index < -0.39 is 29.4 Å². The topological polar surface area (TPSA) is 157 Å². The lowest BCUT2D eigenvalue weighted by Crippen LogP contribution is -2.42. The molecule has 2 aromatic heterocycles. The number of fused-ring (bicyclic) bond motifs is 1. The summed E-state index contributed by atoms with van der Waals surface area (Å²) in [6, 6.07) is 6.92. The number of nitrogens with zero attached hydrogens (tertiary/aromatic N) is 4. The first-order chi connectivity index (χ1) is 21.1. The Morgan fingerprint density at radius 2 is 1.58 bits per heavy atom. The number of carbonyl (C=O) groups is 3. The van der Waals surface area contributed by atoms with E-state index in [0.717, 1.165) is 12.8 Å². The van der Waals surface area contributed by atoms with Gasteiger partial charge in [-0.05, 0) is 105 Å². The third kappa shape index (κ3) is 8.34. The van der Waals surface area contributed by atoms with Crippen LogP contribution in [-0.2, 0) is 9.47 Å². The highest BCUT2D eigenvalue weighted by Crippen LogP contribution is 2.36. The molecule has 13 nitrogen and oxygen atoms in total. The Balaban J connectivity index is 1.72. The standard InChI is InChI=1S/C32H44N6O7/c1-9-43-23-16-14-22(15-17-23)37(30(42)45-32(6,7)8)27-19(2)25(36-26-24(28(39)40)18-33-38(26)27)34-20-10-12-21(13-11-20)35-29(41)44-31(3,4)5/h14-18,20-21H,9-13H2,1-8H3,(H,34,36)(H,35,41)(H,39,40)/t20-,21-. The molecule has 0 aliphatic heterocycles. The number of anilines is 3. The van der Waals surface area contributed by atoms with E-state index in [1.165, 1.54) is 15.6 Å². The van der Waals surface area contributed by atoms with Gasteiger partial charge in [0.05, 0.1) is 18.5 Å². The molecule has 0 saturated heterocycles. The molecule has 0 spiro atoms. The third-order valence-corrected chi connectivity index (χ3v) is 7.07. The van der Waals surface area contributed by atoms with Crippen molar-refractivity contribution in [2.24, 2.45) is 0 Å². The molecule has 1 aromatic carbocycles. The summed E-state index contributed by atoms with van der Waals surface area (Å²) >= 11 is 0. The quantitative estimate of drug-likeness (QED) is 0.254. The predicted molar refractivity (Wildman–Crippen MR) is 170 cm³/mol. The molecule has 2 amide bonds. The molecule has 1 aliphatic carbocycles. The van der Waals surface area contributed by atoms with E-state index in [0.29, 0.717) is 42.3 Å². The summed E-state index contributed by atoms with van der Waals surface area (Å²) < 4.78 is 18.2. The van der Waals surface area contributed by atoms with E-state index in [4.69, 9.17) is 14.2 Å². The summed E-state index contributed by atoms with van der Waals surface area (Å²) in [4.78, 5) is 44.4. The molecule has 3 N–H and O–H groups in total. The largest absolute Gasteiger partial charge is 0.494 e. The fourth-order valence-corrected chi connectivity index (χ4v) is 5.14. The Bertz CT molecular complexity index is 1530. The van der Waals surface area contributed by atoms with Gasteiger partial charge in [-0.25, -0.2) is 24.3 Å². The molecule has 4 rings (SSSR count). The Kier molecular flexibility index (Phi) is 9.79. The molecule has 2 heterocycles. The minimum absolute atomic E-state index is 0.0140. The zero-order valence-electron chi connectivity index (χ0n) is 27.3. The van der Waals surface area contributed by atoms with Crippen LogP contribution in [0.25, 0.3) is 5.65 Å². The number of aromatic nitrogens is 3. The number of carbonyl (C=O) groups excluding carboxylic acids is 2. The lowest BCUT2D eigenvalue weighted by molar-refractivity contribution is 0.0490. The minimum atomic E-state index is -1.20. The van der Waals surface area contributed by atoms with Gasteiger partial charge in [0.2, 0.25) is 0 Å². The van der Waals surface area contributed by atoms with Crippen molar-refractivity contribution in [2.45, 2.75) is 104 Å². The third-order valence-electron chi connectivity index (χ3n) is 7.07. The maximum absolute atomic E-state index is 13.8. The number of alkyl carbamates (subject to hydrolysis) is 1. The number of rotatable bonds is 8.